The quantitative estimate of drug-likeness (QED) is 0.528. The summed E-state index contributed by atoms with van der Waals surface area (Å²) < 4.78 is 1.77. The lowest BCUT2D eigenvalue weighted by Gasteiger charge is -2.35. The van der Waals surface area contributed by atoms with Crippen LogP contribution < -0.4 is 10.5 Å². The maximum Gasteiger partial charge on any atom is 0.323 e. The zero-order valence-electron chi connectivity index (χ0n) is 17.7. The number of carbonyl (C=O) groups is 2. The molecule has 0 saturated carbocycles. The van der Waals surface area contributed by atoms with Crippen LogP contribution in [0, 0.1) is 24.2 Å². The van der Waals surface area contributed by atoms with Crippen molar-refractivity contribution < 1.29 is 14.7 Å². The Bertz CT molecular complexity index is 1090. The number of aliphatic carboxylic acids is 1. The third-order valence-corrected chi connectivity index (χ3v) is 6.94. The summed E-state index contributed by atoms with van der Waals surface area (Å²) in [4.78, 5) is 40.4. The highest BCUT2D eigenvalue weighted by molar-refractivity contribution is 8.26. The summed E-state index contributed by atoms with van der Waals surface area (Å²) in [6, 6.07) is 2.01. The molecule has 2 fully saturated rings. The van der Waals surface area contributed by atoms with Crippen LogP contribution in [0.15, 0.2) is 9.70 Å². The first-order chi connectivity index (χ1) is 14.7. The van der Waals surface area contributed by atoms with E-state index < -0.39 is 18.4 Å². The van der Waals surface area contributed by atoms with Gasteiger partial charge in [-0.1, -0.05) is 30.9 Å². The number of aromatic nitrogens is 1. The van der Waals surface area contributed by atoms with Gasteiger partial charge in [0, 0.05) is 25.2 Å². The van der Waals surface area contributed by atoms with Crippen molar-refractivity contribution in [2.75, 3.05) is 24.5 Å². The van der Waals surface area contributed by atoms with E-state index in [1.807, 2.05) is 13.0 Å². The Morgan fingerprint density at radius 2 is 2.13 bits per heavy atom. The predicted octanol–water partition coefficient (Wildman–Crippen LogP) is 2.57. The van der Waals surface area contributed by atoms with Crippen LogP contribution in [0.1, 0.15) is 43.4 Å². The molecule has 0 bridgehead atoms. The molecule has 0 aliphatic carbocycles. The van der Waals surface area contributed by atoms with Crippen LogP contribution in [0.3, 0.4) is 0 Å². The van der Waals surface area contributed by atoms with Crippen molar-refractivity contribution >= 4 is 52.1 Å². The monoisotopic (exact) mass is 460 g/mol. The van der Waals surface area contributed by atoms with E-state index in [2.05, 4.69) is 11.8 Å². The van der Waals surface area contributed by atoms with E-state index in [1.54, 1.807) is 17.6 Å². The highest BCUT2D eigenvalue weighted by Gasteiger charge is 2.34. The van der Waals surface area contributed by atoms with Crippen molar-refractivity contribution in [1.82, 2.24) is 9.47 Å². The number of pyridine rings is 1. The Kier molecular flexibility index (Phi) is 6.86. The van der Waals surface area contributed by atoms with Crippen molar-refractivity contribution in [3.05, 3.63) is 31.9 Å². The van der Waals surface area contributed by atoms with Gasteiger partial charge < -0.3 is 10.0 Å². The number of nitrogens with zero attached hydrogens (tertiary/aromatic N) is 4. The number of anilines is 1. The molecule has 1 aromatic heterocycles. The van der Waals surface area contributed by atoms with Crippen LogP contribution in [0.25, 0.3) is 6.08 Å². The molecule has 0 spiro atoms. The molecule has 1 N–H and O–H groups in total. The number of amides is 1. The second-order valence-corrected chi connectivity index (χ2v) is 9.43. The zero-order chi connectivity index (χ0) is 22.9. The summed E-state index contributed by atoms with van der Waals surface area (Å²) in [5, 5.41) is 18.7. The smallest absolute Gasteiger partial charge is 0.323 e. The molecule has 10 heteroatoms. The van der Waals surface area contributed by atoms with E-state index in [0.29, 0.717) is 29.4 Å². The first kappa shape index (κ1) is 23.0. The fourth-order valence-corrected chi connectivity index (χ4v) is 5.30. The minimum atomic E-state index is -1.15. The van der Waals surface area contributed by atoms with Crippen molar-refractivity contribution in [2.24, 2.45) is 5.92 Å². The van der Waals surface area contributed by atoms with Crippen LogP contribution in [0.5, 0.6) is 0 Å². The van der Waals surface area contributed by atoms with E-state index in [4.69, 9.17) is 17.3 Å². The number of carboxylic acid groups (broad SMARTS) is 1. The Hall–Kier alpha value is -2.64. The molecule has 0 aromatic carbocycles. The SMILES string of the molecule is CCn1c(N2CCCC(C)C2)c(C=C2SC(=S)N(CC(=O)O)C2=O)c(C)c(C#N)c1=O. The zero-order valence-corrected chi connectivity index (χ0v) is 19.3. The molecule has 3 rings (SSSR count). The molecule has 8 nitrogen and oxygen atoms in total. The topological polar surface area (TPSA) is 107 Å². The van der Waals surface area contributed by atoms with Gasteiger partial charge in [-0.25, -0.2) is 0 Å². The first-order valence-electron chi connectivity index (χ1n) is 10.1. The van der Waals surface area contributed by atoms with Gasteiger partial charge in [0.2, 0.25) is 0 Å². The predicted molar refractivity (Wildman–Crippen MR) is 124 cm³/mol. The Labute approximate surface area is 190 Å². The standard InChI is InChI=1S/C21H24N4O4S2/c1-4-24-18(23-7-5-6-12(2)10-23)14(13(3)15(9-22)19(24)28)8-16-20(29)25(11-17(26)27)21(30)31-16/h8,12H,4-7,10-11H2,1-3H3,(H,26,27). The normalized spacial score (nSPS) is 20.5. The van der Waals surface area contributed by atoms with Crippen molar-refractivity contribution in [2.45, 2.75) is 40.2 Å². The largest absolute Gasteiger partial charge is 0.480 e. The number of hydrogen-bond acceptors (Lipinski definition) is 7. The number of carboxylic acids is 1. The number of rotatable bonds is 5. The summed E-state index contributed by atoms with van der Waals surface area (Å²) in [6.45, 7) is 7.14. The second-order valence-electron chi connectivity index (χ2n) is 7.75. The van der Waals surface area contributed by atoms with Crippen molar-refractivity contribution in [3.8, 4) is 6.07 Å². The molecule has 0 radical (unpaired) electrons. The molecule has 2 aliphatic heterocycles. The summed E-state index contributed by atoms with van der Waals surface area (Å²) in [5.74, 6) is -0.490. The maximum atomic E-state index is 13.0. The Morgan fingerprint density at radius 3 is 2.71 bits per heavy atom. The minimum absolute atomic E-state index is 0.0444. The number of piperidine rings is 1. The van der Waals surface area contributed by atoms with Gasteiger partial charge in [-0.15, -0.1) is 0 Å². The van der Waals surface area contributed by atoms with Gasteiger partial charge in [-0.05, 0) is 44.2 Å². The minimum Gasteiger partial charge on any atom is -0.480 e. The molecule has 1 amide bonds. The van der Waals surface area contributed by atoms with E-state index in [1.165, 1.54) is 0 Å². The van der Waals surface area contributed by atoms with Crippen molar-refractivity contribution in [1.29, 1.82) is 5.26 Å². The average Bonchev–Trinajstić information content (AvgIpc) is 2.97. The molecule has 1 atom stereocenters. The van der Waals surface area contributed by atoms with Gasteiger partial charge in [-0.3, -0.25) is 23.9 Å². The van der Waals surface area contributed by atoms with E-state index >= 15 is 0 Å². The lowest BCUT2D eigenvalue weighted by Crippen LogP contribution is -2.40. The summed E-state index contributed by atoms with van der Waals surface area (Å²) in [6.07, 6.45) is 3.74. The second kappa shape index (κ2) is 9.24. The van der Waals surface area contributed by atoms with E-state index in [0.717, 1.165) is 42.6 Å². The summed E-state index contributed by atoms with van der Waals surface area (Å²) >= 11 is 6.23. The van der Waals surface area contributed by atoms with E-state index in [-0.39, 0.29) is 20.3 Å². The fourth-order valence-electron chi connectivity index (χ4n) is 4.06. The summed E-state index contributed by atoms with van der Waals surface area (Å²) in [5.41, 5.74) is 0.839. The van der Waals surface area contributed by atoms with Gasteiger partial charge in [0.1, 0.15) is 28.3 Å². The molecule has 1 unspecified atom stereocenters. The van der Waals surface area contributed by atoms with Crippen LogP contribution in [0.2, 0.25) is 0 Å². The lowest BCUT2D eigenvalue weighted by molar-refractivity contribution is -0.140. The van der Waals surface area contributed by atoms with Gasteiger partial charge in [0.15, 0.2) is 0 Å². The number of hydrogen-bond donors (Lipinski definition) is 1. The van der Waals surface area contributed by atoms with Crippen LogP contribution in [-0.4, -0.2) is 50.4 Å². The molecule has 1 aromatic rings. The number of nitriles is 1. The molecule has 2 aliphatic rings. The van der Waals surface area contributed by atoms with Crippen LogP contribution in [-0.2, 0) is 16.1 Å². The van der Waals surface area contributed by atoms with Crippen LogP contribution >= 0.6 is 24.0 Å². The van der Waals surface area contributed by atoms with Crippen LogP contribution in [0.4, 0.5) is 5.82 Å². The number of thioether (sulfide) groups is 1. The van der Waals surface area contributed by atoms with Gasteiger partial charge in [-0.2, -0.15) is 5.26 Å². The van der Waals surface area contributed by atoms with Gasteiger partial charge in [0.05, 0.1) is 4.91 Å². The van der Waals surface area contributed by atoms with Gasteiger partial charge in [0.25, 0.3) is 11.5 Å². The summed E-state index contributed by atoms with van der Waals surface area (Å²) in [7, 11) is 0. The molecule has 164 valence electrons. The molecular weight excluding hydrogens is 436 g/mol. The van der Waals surface area contributed by atoms with Gasteiger partial charge >= 0.3 is 5.97 Å². The Balaban J connectivity index is 2.21. The molecule has 31 heavy (non-hydrogen) atoms. The lowest BCUT2D eigenvalue weighted by atomic mass is 9.98. The molecular formula is C21H24N4O4S2. The fraction of sp³-hybridized carbons (Fsp3) is 0.476. The number of carbonyl (C=O) groups excluding carboxylic acids is 1. The first-order valence-corrected chi connectivity index (χ1v) is 11.3. The molecule has 3 heterocycles. The number of thiocarbonyl (C=S) groups is 1. The highest BCUT2D eigenvalue weighted by atomic mass is 32.2. The Morgan fingerprint density at radius 1 is 1.42 bits per heavy atom. The highest BCUT2D eigenvalue weighted by Crippen LogP contribution is 2.36. The van der Waals surface area contributed by atoms with E-state index in [9.17, 15) is 19.6 Å². The van der Waals surface area contributed by atoms with Crippen molar-refractivity contribution in [3.63, 3.8) is 0 Å². The maximum absolute atomic E-state index is 13.0. The third-order valence-electron chi connectivity index (χ3n) is 5.56. The average molecular weight is 461 g/mol. The third kappa shape index (κ3) is 4.38. The molecule has 2 saturated heterocycles.